The first-order chi connectivity index (χ1) is 12.1. The van der Waals surface area contributed by atoms with Gasteiger partial charge >= 0.3 is 12.0 Å². The van der Waals surface area contributed by atoms with Crippen molar-refractivity contribution in [2.75, 3.05) is 19.7 Å². The van der Waals surface area contributed by atoms with Crippen molar-refractivity contribution in [3.8, 4) is 0 Å². The number of benzene rings is 1. The summed E-state index contributed by atoms with van der Waals surface area (Å²) in [5.41, 5.74) is 0.341. The quantitative estimate of drug-likeness (QED) is 0.691. The third kappa shape index (κ3) is 8.29. The van der Waals surface area contributed by atoms with E-state index in [0.717, 1.165) is 5.56 Å². The second-order valence-electron chi connectivity index (χ2n) is 7.15. The Morgan fingerprint density at radius 2 is 1.85 bits per heavy atom. The maximum atomic E-state index is 12.9. The number of nitrogens with one attached hydrogen (secondary N) is 1. The fourth-order valence-corrected chi connectivity index (χ4v) is 2.29. The Hall–Kier alpha value is -2.15. The van der Waals surface area contributed by atoms with Gasteiger partial charge in [-0.1, -0.05) is 12.1 Å². The molecule has 2 amide bonds. The van der Waals surface area contributed by atoms with E-state index < -0.39 is 23.6 Å². The predicted molar refractivity (Wildman–Crippen MR) is 97.2 cm³/mol. The third-order valence-electron chi connectivity index (χ3n) is 3.56. The van der Waals surface area contributed by atoms with Crippen LogP contribution in [-0.2, 0) is 16.0 Å². The standard InChI is InChI=1S/C19H29FN2O4/c1-14(17(24)26-19(2,3)4)21-18(25)22(12-13-23)11-5-6-15-7-9-16(20)10-8-15/h7-10,14,23H,5-6,11-13H2,1-4H3,(H,21,25)/t14-/m0/s1. The molecule has 1 aromatic rings. The average Bonchev–Trinajstić information content (AvgIpc) is 2.54. The summed E-state index contributed by atoms with van der Waals surface area (Å²) < 4.78 is 18.1. The first-order valence-corrected chi connectivity index (χ1v) is 8.76. The number of halogens is 1. The van der Waals surface area contributed by atoms with Crippen LogP contribution in [0.25, 0.3) is 0 Å². The zero-order valence-corrected chi connectivity index (χ0v) is 15.9. The molecule has 0 aliphatic heterocycles. The number of carbonyl (C=O) groups is 2. The highest BCUT2D eigenvalue weighted by Crippen LogP contribution is 2.09. The van der Waals surface area contributed by atoms with Crippen molar-refractivity contribution in [1.29, 1.82) is 0 Å². The molecule has 2 N–H and O–H groups in total. The number of aliphatic hydroxyl groups excluding tert-OH is 1. The number of rotatable bonds is 8. The molecule has 1 rings (SSSR count). The number of aliphatic hydroxyl groups is 1. The average molecular weight is 368 g/mol. The molecule has 0 aliphatic rings. The largest absolute Gasteiger partial charge is 0.458 e. The van der Waals surface area contributed by atoms with Gasteiger partial charge in [0.05, 0.1) is 6.61 Å². The number of ether oxygens (including phenoxy) is 1. The van der Waals surface area contributed by atoms with E-state index >= 15 is 0 Å². The summed E-state index contributed by atoms with van der Waals surface area (Å²) in [4.78, 5) is 25.8. The first kappa shape index (κ1) is 21.9. The van der Waals surface area contributed by atoms with E-state index in [1.807, 2.05) is 0 Å². The summed E-state index contributed by atoms with van der Waals surface area (Å²) in [7, 11) is 0. The molecule has 0 heterocycles. The molecule has 6 nitrogen and oxygen atoms in total. The van der Waals surface area contributed by atoms with Crippen molar-refractivity contribution >= 4 is 12.0 Å². The molecule has 0 spiro atoms. The second kappa shape index (κ2) is 10.1. The van der Waals surface area contributed by atoms with Gasteiger partial charge in [-0.05, 0) is 58.2 Å². The van der Waals surface area contributed by atoms with Crippen LogP contribution in [0.4, 0.5) is 9.18 Å². The van der Waals surface area contributed by atoms with Crippen LogP contribution in [0.3, 0.4) is 0 Å². The molecular weight excluding hydrogens is 339 g/mol. The van der Waals surface area contributed by atoms with Crippen LogP contribution in [0.1, 0.15) is 39.7 Å². The van der Waals surface area contributed by atoms with Crippen molar-refractivity contribution < 1.29 is 23.8 Å². The van der Waals surface area contributed by atoms with E-state index in [-0.39, 0.29) is 19.0 Å². The summed E-state index contributed by atoms with van der Waals surface area (Å²) in [6.07, 6.45) is 1.33. The summed E-state index contributed by atoms with van der Waals surface area (Å²) in [6.45, 7) is 7.22. The van der Waals surface area contributed by atoms with Crippen molar-refractivity contribution in [2.45, 2.75) is 52.2 Å². The number of carbonyl (C=O) groups excluding carboxylic acids is 2. The molecular formula is C19H29FN2O4. The Bertz CT molecular complexity index is 584. The van der Waals surface area contributed by atoms with Crippen molar-refractivity contribution in [1.82, 2.24) is 10.2 Å². The van der Waals surface area contributed by atoms with Gasteiger partial charge in [-0.3, -0.25) is 0 Å². The summed E-state index contributed by atoms with van der Waals surface area (Å²) in [6, 6.07) is 4.98. The number of nitrogens with zero attached hydrogens (tertiary/aromatic N) is 1. The Balaban J connectivity index is 2.52. The zero-order valence-electron chi connectivity index (χ0n) is 15.9. The lowest BCUT2D eigenvalue weighted by Gasteiger charge is -2.26. The van der Waals surface area contributed by atoms with Crippen LogP contribution >= 0.6 is 0 Å². The van der Waals surface area contributed by atoms with E-state index in [0.29, 0.717) is 19.4 Å². The van der Waals surface area contributed by atoms with Crippen molar-refractivity contribution in [2.24, 2.45) is 0 Å². The van der Waals surface area contributed by atoms with Crippen LogP contribution in [-0.4, -0.2) is 53.3 Å². The topological polar surface area (TPSA) is 78.9 Å². The fourth-order valence-electron chi connectivity index (χ4n) is 2.29. The number of urea groups is 1. The van der Waals surface area contributed by atoms with Gasteiger partial charge in [0.2, 0.25) is 0 Å². The molecule has 0 aromatic heterocycles. The molecule has 0 saturated heterocycles. The Morgan fingerprint density at radius 3 is 2.38 bits per heavy atom. The molecule has 7 heteroatoms. The molecule has 1 atom stereocenters. The van der Waals surface area contributed by atoms with E-state index in [2.05, 4.69) is 5.32 Å². The van der Waals surface area contributed by atoms with E-state index in [1.54, 1.807) is 39.8 Å². The van der Waals surface area contributed by atoms with Gasteiger partial charge in [0.15, 0.2) is 0 Å². The molecule has 26 heavy (non-hydrogen) atoms. The van der Waals surface area contributed by atoms with Crippen LogP contribution in [0.2, 0.25) is 0 Å². The van der Waals surface area contributed by atoms with Gasteiger partial charge in [0.1, 0.15) is 17.5 Å². The number of amides is 2. The molecule has 0 saturated carbocycles. The highest BCUT2D eigenvalue weighted by molar-refractivity contribution is 5.83. The molecule has 0 unspecified atom stereocenters. The van der Waals surface area contributed by atoms with Gasteiger partial charge in [-0.15, -0.1) is 0 Å². The molecule has 0 bridgehead atoms. The predicted octanol–water partition coefficient (Wildman–Crippen LogP) is 2.49. The van der Waals surface area contributed by atoms with Gasteiger partial charge in [0.25, 0.3) is 0 Å². The minimum atomic E-state index is -0.792. The summed E-state index contributed by atoms with van der Waals surface area (Å²) in [5, 5.41) is 11.8. The Morgan fingerprint density at radius 1 is 1.23 bits per heavy atom. The maximum Gasteiger partial charge on any atom is 0.328 e. The van der Waals surface area contributed by atoms with Crippen LogP contribution in [0, 0.1) is 5.82 Å². The number of hydrogen-bond donors (Lipinski definition) is 2. The zero-order chi connectivity index (χ0) is 19.7. The van der Waals surface area contributed by atoms with Gasteiger partial charge in [-0.2, -0.15) is 0 Å². The minimum Gasteiger partial charge on any atom is -0.458 e. The summed E-state index contributed by atoms with van der Waals surface area (Å²) >= 11 is 0. The van der Waals surface area contributed by atoms with E-state index in [9.17, 15) is 19.1 Å². The number of hydrogen-bond acceptors (Lipinski definition) is 4. The Labute approximate surface area is 154 Å². The van der Waals surface area contributed by atoms with E-state index in [4.69, 9.17) is 4.74 Å². The SMILES string of the molecule is C[C@H](NC(=O)N(CCO)CCCc1ccc(F)cc1)C(=O)OC(C)(C)C. The normalized spacial score (nSPS) is 12.4. The monoisotopic (exact) mass is 368 g/mol. The van der Waals surface area contributed by atoms with Crippen LogP contribution in [0.5, 0.6) is 0 Å². The molecule has 1 aromatic carbocycles. The third-order valence-corrected chi connectivity index (χ3v) is 3.56. The summed E-state index contributed by atoms with van der Waals surface area (Å²) in [5.74, 6) is -0.799. The second-order valence-corrected chi connectivity index (χ2v) is 7.15. The fraction of sp³-hybridized carbons (Fsp3) is 0.579. The van der Waals surface area contributed by atoms with E-state index in [1.165, 1.54) is 17.0 Å². The highest BCUT2D eigenvalue weighted by atomic mass is 19.1. The molecule has 146 valence electrons. The van der Waals surface area contributed by atoms with Gasteiger partial charge < -0.3 is 20.1 Å². The van der Waals surface area contributed by atoms with Gasteiger partial charge in [0, 0.05) is 13.1 Å². The first-order valence-electron chi connectivity index (χ1n) is 8.76. The lowest BCUT2D eigenvalue weighted by Crippen LogP contribution is -2.49. The number of esters is 1. The molecule has 0 aliphatic carbocycles. The number of aryl methyl sites for hydroxylation is 1. The lowest BCUT2D eigenvalue weighted by molar-refractivity contribution is -0.156. The lowest BCUT2D eigenvalue weighted by atomic mass is 10.1. The Kier molecular flexibility index (Phi) is 8.51. The molecule has 0 radical (unpaired) electrons. The van der Waals surface area contributed by atoms with Crippen molar-refractivity contribution in [3.05, 3.63) is 35.6 Å². The molecule has 0 fully saturated rings. The highest BCUT2D eigenvalue weighted by Gasteiger charge is 2.24. The van der Waals surface area contributed by atoms with Crippen LogP contribution in [0.15, 0.2) is 24.3 Å². The smallest absolute Gasteiger partial charge is 0.328 e. The van der Waals surface area contributed by atoms with Gasteiger partial charge in [-0.25, -0.2) is 14.0 Å². The van der Waals surface area contributed by atoms with Crippen molar-refractivity contribution in [3.63, 3.8) is 0 Å². The maximum absolute atomic E-state index is 12.9. The van der Waals surface area contributed by atoms with Crippen LogP contribution < -0.4 is 5.32 Å². The minimum absolute atomic E-state index is 0.163.